The molecule has 1 unspecified atom stereocenters. The predicted molar refractivity (Wildman–Crippen MR) is 83.4 cm³/mol. The largest absolute Gasteiger partial charge is 0.467 e. The van der Waals surface area contributed by atoms with Crippen molar-refractivity contribution in [1.29, 1.82) is 0 Å². The van der Waals surface area contributed by atoms with Crippen LogP contribution in [0.4, 0.5) is 0 Å². The Labute approximate surface area is 131 Å². The molecule has 0 saturated carbocycles. The average molecular weight is 369 g/mol. The van der Waals surface area contributed by atoms with E-state index in [2.05, 4.69) is 21.0 Å². The molecule has 0 bridgehead atoms. The van der Waals surface area contributed by atoms with Crippen LogP contribution in [0.3, 0.4) is 0 Å². The van der Waals surface area contributed by atoms with Gasteiger partial charge < -0.3 is 4.42 Å². The molecule has 0 spiro atoms. The van der Waals surface area contributed by atoms with E-state index in [1.165, 1.54) is 6.26 Å². The molecule has 0 aliphatic carbocycles. The quantitative estimate of drug-likeness (QED) is 0.835. The zero-order valence-electron chi connectivity index (χ0n) is 11.2. The van der Waals surface area contributed by atoms with Gasteiger partial charge in [-0.15, -0.1) is 0 Å². The van der Waals surface area contributed by atoms with Crippen LogP contribution >= 0.6 is 15.9 Å². The van der Waals surface area contributed by atoms with Crippen molar-refractivity contribution in [2.75, 3.05) is 6.26 Å². The van der Waals surface area contributed by atoms with Crippen LogP contribution in [0.15, 0.2) is 56.7 Å². The second-order valence-electron chi connectivity index (χ2n) is 4.82. The first-order valence-corrected chi connectivity index (χ1v) is 8.95. The first-order valence-electron chi connectivity index (χ1n) is 6.31. The van der Waals surface area contributed by atoms with Crippen LogP contribution in [0.2, 0.25) is 0 Å². The van der Waals surface area contributed by atoms with E-state index >= 15 is 0 Å². The number of sulfonamides is 1. The molecule has 2 aromatic rings. The Bertz CT molecular complexity index is 767. The molecule has 1 aliphatic rings. The molecular formula is C14H13BrN2O3S. The monoisotopic (exact) mass is 368 g/mol. The Balaban J connectivity index is 1.99. The summed E-state index contributed by atoms with van der Waals surface area (Å²) in [5.74, 6) is 0.594. The highest BCUT2D eigenvalue weighted by Gasteiger charge is 2.36. The minimum absolute atomic E-state index is 0.423. The molecule has 1 aliphatic heterocycles. The van der Waals surface area contributed by atoms with Crippen LogP contribution in [0.5, 0.6) is 0 Å². The SMILES string of the molecule is CS(=O)(=O)N1N=C(c2ccc(Br)cc2)CC1c1ccco1. The van der Waals surface area contributed by atoms with Gasteiger partial charge in [-0.3, -0.25) is 0 Å². The first-order chi connectivity index (χ1) is 9.95. The third-order valence-corrected chi connectivity index (χ3v) is 4.81. The Hall–Kier alpha value is -1.60. The number of nitrogens with zero attached hydrogens (tertiary/aromatic N) is 2. The van der Waals surface area contributed by atoms with E-state index in [9.17, 15) is 8.42 Å². The van der Waals surface area contributed by atoms with Crippen LogP contribution in [0, 0.1) is 0 Å². The van der Waals surface area contributed by atoms with Gasteiger partial charge in [-0.2, -0.15) is 9.52 Å². The van der Waals surface area contributed by atoms with Gasteiger partial charge in [-0.25, -0.2) is 8.42 Å². The molecule has 0 amide bonds. The fourth-order valence-corrected chi connectivity index (χ4v) is 3.46. The third-order valence-electron chi connectivity index (χ3n) is 3.26. The Kier molecular flexibility index (Phi) is 3.62. The van der Waals surface area contributed by atoms with Gasteiger partial charge >= 0.3 is 0 Å². The molecule has 110 valence electrons. The number of rotatable bonds is 3. The summed E-state index contributed by atoms with van der Waals surface area (Å²) in [6, 6.07) is 10.7. The second kappa shape index (κ2) is 5.31. The van der Waals surface area contributed by atoms with Crippen molar-refractivity contribution in [2.24, 2.45) is 5.10 Å². The molecular weight excluding hydrogens is 356 g/mol. The first kappa shape index (κ1) is 14.3. The van der Waals surface area contributed by atoms with Crippen molar-refractivity contribution in [3.8, 4) is 0 Å². The van der Waals surface area contributed by atoms with Gasteiger partial charge in [0, 0.05) is 10.9 Å². The van der Waals surface area contributed by atoms with Crippen LogP contribution < -0.4 is 0 Å². The van der Waals surface area contributed by atoms with Gasteiger partial charge in [0.2, 0.25) is 10.0 Å². The van der Waals surface area contributed by atoms with Crippen LogP contribution in [0.1, 0.15) is 23.8 Å². The lowest BCUT2D eigenvalue weighted by Gasteiger charge is -2.18. The van der Waals surface area contributed by atoms with Gasteiger partial charge in [0.25, 0.3) is 0 Å². The molecule has 3 rings (SSSR count). The summed E-state index contributed by atoms with van der Waals surface area (Å²) >= 11 is 3.38. The van der Waals surface area contributed by atoms with E-state index in [-0.39, 0.29) is 0 Å². The molecule has 5 nitrogen and oxygen atoms in total. The van der Waals surface area contributed by atoms with Crippen molar-refractivity contribution in [3.05, 3.63) is 58.5 Å². The molecule has 0 N–H and O–H groups in total. The van der Waals surface area contributed by atoms with Crippen molar-refractivity contribution >= 4 is 31.7 Å². The standard InChI is InChI=1S/C14H13BrN2O3S/c1-21(18,19)17-13(14-3-2-8-20-14)9-12(16-17)10-4-6-11(15)7-5-10/h2-8,13H,9H2,1H3. The van der Waals surface area contributed by atoms with Crippen LogP contribution in [-0.2, 0) is 10.0 Å². The molecule has 0 radical (unpaired) electrons. The molecule has 1 aromatic heterocycles. The highest BCUT2D eigenvalue weighted by molar-refractivity contribution is 9.10. The number of furan rings is 1. The van der Waals surface area contributed by atoms with E-state index in [0.29, 0.717) is 12.2 Å². The minimum Gasteiger partial charge on any atom is -0.467 e. The number of hydrazone groups is 1. The molecule has 1 atom stereocenters. The number of benzene rings is 1. The van der Waals surface area contributed by atoms with Crippen molar-refractivity contribution < 1.29 is 12.8 Å². The van der Waals surface area contributed by atoms with E-state index in [0.717, 1.165) is 26.4 Å². The molecule has 0 fully saturated rings. The predicted octanol–water partition coefficient (Wildman–Crippen LogP) is 3.15. The average Bonchev–Trinajstić information content (AvgIpc) is 3.07. The maximum Gasteiger partial charge on any atom is 0.247 e. The minimum atomic E-state index is -3.45. The van der Waals surface area contributed by atoms with Gasteiger partial charge in [-0.05, 0) is 29.8 Å². The maximum absolute atomic E-state index is 11.9. The lowest BCUT2D eigenvalue weighted by atomic mass is 10.0. The summed E-state index contributed by atoms with van der Waals surface area (Å²) < 4.78 is 31.3. The lowest BCUT2D eigenvalue weighted by molar-refractivity contribution is 0.322. The summed E-state index contributed by atoms with van der Waals surface area (Å²) in [5.41, 5.74) is 1.63. The molecule has 2 heterocycles. The van der Waals surface area contributed by atoms with Crippen molar-refractivity contribution in [2.45, 2.75) is 12.5 Å². The van der Waals surface area contributed by atoms with E-state index in [1.807, 2.05) is 24.3 Å². The normalized spacial score (nSPS) is 18.9. The maximum atomic E-state index is 11.9. The molecule has 1 aromatic carbocycles. The van der Waals surface area contributed by atoms with Gasteiger partial charge in [0.05, 0.1) is 18.2 Å². The zero-order valence-corrected chi connectivity index (χ0v) is 13.6. The summed E-state index contributed by atoms with van der Waals surface area (Å²) in [5, 5.41) is 4.28. The fourth-order valence-electron chi connectivity index (χ4n) is 2.30. The van der Waals surface area contributed by atoms with Crippen LogP contribution in [-0.4, -0.2) is 24.8 Å². The smallest absolute Gasteiger partial charge is 0.247 e. The number of hydrogen-bond donors (Lipinski definition) is 0. The summed E-state index contributed by atoms with van der Waals surface area (Å²) in [7, 11) is -3.45. The van der Waals surface area contributed by atoms with Crippen LogP contribution in [0.25, 0.3) is 0 Å². The van der Waals surface area contributed by atoms with E-state index in [4.69, 9.17) is 4.42 Å². The second-order valence-corrected chi connectivity index (χ2v) is 7.58. The zero-order chi connectivity index (χ0) is 15.0. The number of hydrogen-bond acceptors (Lipinski definition) is 4. The molecule has 0 saturated heterocycles. The van der Waals surface area contributed by atoms with Crippen molar-refractivity contribution in [3.63, 3.8) is 0 Å². The lowest BCUT2D eigenvalue weighted by Crippen LogP contribution is -2.25. The van der Waals surface area contributed by atoms with Gasteiger partial charge in [0.1, 0.15) is 11.8 Å². The Morgan fingerprint density at radius 2 is 2.00 bits per heavy atom. The highest BCUT2D eigenvalue weighted by Crippen LogP contribution is 2.34. The summed E-state index contributed by atoms with van der Waals surface area (Å²) in [6.45, 7) is 0. The van der Waals surface area contributed by atoms with Crippen molar-refractivity contribution in [1.82, 2.24) is 4.41 Å². The summed E-state index contributed by atoms with van der Waals surface area (Å²) in [6.07, 6.45) is 3.17. The topological polar surface area (TPSA) is 62.9 Å². The van der Waals surface area contributed by atoms with E-state index < -0.39 is 16.1 Å². The third kappa shape index (κ3) is 2.89. The Morgan fingerprint density at radius 3 is 2.57 bits per heavy atom. The van der Waals surface area contributed by atoms with E-state index in [1.54, 1.807) is 12.1 Å². The number of halogens is 1. The molecule has 7 heteroatoms. The van der Waals surface area contributed by atoms with Gasteiger partial charge in [0.15, 0.2) is 0 Å². The Morgan fingerprint density at radius 1 is 1.29 bits per heavy atom. The molecule has 21 heavy (non-hydrogen) atoms. The summed E-state index contributed by atoms with van der Waals surface area (Å²) in [4.78, 5) is 0. The fraction of sp³-hybridized carbons (Fsp3) is 0.214. The highest BCUT2D eigenvalue weighted by atomic mass is 79.9. The van der Waals surface area contributed by atoms with Gasteiger partial charge in [-0.1, -0.05) is 28.1 Å².